The molecule has 2 aromatic carbocycles. The van der Waals surface area contributed by atoms with Gasteiger partial charge in [-0.25, -0.2) is 18.8 Å². The second kappa shape index (κ2) is 6.50. The second-order valence-corrected chi connectivity index (χ2v) is 6.58. The van der Waals surface area contributed by atoms with Crippen LogP contribution in [0.3, 0.4) is 0 Å². The highest BCUT2D eigenvalue weighted by Crippen LogP contribution is 2.35. The molecule has 3 aromatic rings. The average Bonchev–Trinajstić information content (AvgIpc) is 3.14. The minimum absolute atomic E-state index is 0.0731. The van der Waals surface area contributed by atoms with Crippen LogP contribution in [0.4, 0.5) is 5.69 Å². The van der Waals surface area contributed by atoms with Gasteiger partial charge in [0.2, 0.25) is 0 Å². The molecule has 1 unspecified atom stereocenters. The maximum Gasteiger partial charge on any atom is 0.358 e. The van der Waals surface area contributed by atoms with E-state index in [-0.39, 0.29) is 22.0 Å². The van der Waals surface area contributed by atoms with E-state index in [1.807, 2.05) is 6.07 Å². The molecule has 1 atom stereocenters. The molecule has 0 saturated carbocycles. The summed E-state index contributed by atoms with van der Waals surface area (Å²) < 4.78 is 2.83. The molecule has 2 N–H and O–H groups in total. The Labute approximate surface area is 167 Å². The van der Waals surface area contributed by atoms with Crippen molar-refractivity contribution >= 4 is 23.1 Å². The predicted molar refractivity (Wildman–Crippen MR) is 104 cm³/mol. The molecule has 0 radical (unpaired) electrons. The molecular weight excluding hydrogens is 400 g/mol. The smallest absolute Gasteiger partial charge is 0.358 e. The number of aromatic nitrogens is 3. The van der Waals surface area contributed by atoms with Crippen LogP contribution in [0.25, 0.3) is 11.5 Å². The van der Waals surface area contributed by atoms with Gasteiger partial charge < -0.3 is 5.73 Å². The summed E-state index contributed by atoms with van der Waals surface area (Å²) in [4.78, 5) is 36.6. The van der Waals surface area contributed by atoms with E-state index in [1.165, 1.54) is 12.1 Å². The number of nitriles is 1. The van der Waals surface area contributed by atoms with Crippen molar-refractivity contribution in [2.75, 3.05) is 0 Å². The number of halogens is 1. The van der Waals surface area contributed by atoms with Gasteiger partial charge in [-0.2, -0.15) is 9.94 Å². The summed E-state index contributed by atoms with van der Waals surface area (Å²) in [6.07, 6.45) is 0. The molecule has 0 bridgehead atoms. The monoisotopic (exact) mass is 410 g/mol. The molecule has 4 rings (SSSR count). The normalized spacial score (nSPS) is 15.2. The summed E-state index contributed by atoms with van der Waals surface area (Å²) in [6.45, 7) is 0. The van der Waals surface area contributed by atoms with Crippen molar-refractivity contribution in [3.8, 4) is 11.8 Å². The molecule has 144 valence electrons. The molecular formula is C18H11ClN6O4. The molecule has 1 aromatic heterocycles. The number of nitrogens with two attached hydrogens (primary N) is 1. The summed E-state index contributed by atoms with van der Waals surface area (Å²) in [5.41, 5.74) is 4.59. The zero-order valence-corrected chi connectivity index (χ0v) is 15.3. The van der Waals surface area contributed by atoms with Crippen LogP contribution in [0.1, 0.15) is 11.6 Å². The van der Waals surface area contributed by atoms with Crippen LogP contribution in [0.15, 0.2) is 63.7 Å². The maximum atomic E-state index is 13.1. The zero-order chi connectivity index (χ0) is 20.9. The Morgan fingerprint density at radius 1 is 1.14 bits per heavy atom. The second-order valence-electron chi connectivity index (χ2n) is 6.17. The number of benzene rings is 2. The van der Waals surface area contributed by atoms with E-state index in [9.17, 15) is 25.0 Å². The van der Waals surface area contributed by atoms with Gasteiger partial charge in [-0.3, -0.25) is 10.1 Å². The van der Waals surface area contributed by atoms with Crippen LogP contribution in [0.5, 0.6) is 0 Å². The number of fused-ring (bicyclic) bond motifs is 1. The number of hydrogen-bond donors (Lipinski definition) is 1. The highest BCUT2D eigenvalue weighted by Gasteiger charge is 2.37. The van der Waals surface area contributed by atoms with E-state index in [0.717, 1.165) is 20.0 Å². The van der Waals surface area contributed by atoms with Crippen LogP contribution < -0.4 is 17.1 Å². The Morgan fingerprint density at radius 2 is 1.83 bits per heavy atom. The fraction of sp³-hybridized carbons (Fsp3) is 0.0556. The molecule has 0 spiro atoms. The van der Waals surface area contributed by atoms with E-state index in [0.29, 0.717) is 5.69 Å². The molecule has 10 nitrogen and oxygen atoms in total. The van der Waals surface area contributed by atoms with Gasteiger partial charge in [-0.15, -0.1) is 0 Å². The third-order valence-electron chi connectivity index (χ3n) is 4.61. The molecule has 0 aliphatic carbocycles. The summed E-state index contributed by atoms with van der Waals surface area (Å²) in [5, 5.41) is 20.7. The molecule has 0 fully saturated rings. The van der Waals surface area contributed by atoms with Crippen molar-refractivity contribution < 1.29 is 4.92 Å². The lowest BCUT2D eigenvalue weighted by Gasteiger charge is -2.12. The van der Waals surface area contributed by atoms with Gasteiger partial charge >= 0.3 is 11.4 Å². The number of rotatable bonds is 3. The molecule has 2 heterocycles. The van der Waals surface area contributed by atoms with Crippen LogP contribution in [0.2, 0.25) is 5.02 Å². The van der Waals surface area contributed by atoms with Gasteiger partial charge in [0.15, 0.2) is 0 Å². The van der Waals surface area contributed by atoms with Crippen molar-refractivity contribution in [3.05, 3.63) is 95.8 Å². The van der Waals surface area contributed by atoms with Crippen molar-refractivity contribution in [2.24, 2.45) is 5.73 Å². The van der Waals surface area contributed by atoms with Gasteiger partial charge in [0, 0.05) is 6.07 Å². The summed E-state index contributed by atoms with van der Waals surface area (Å²) >= 11 is 5.87. The third-order valence-corrected chi connectivity index (χ3v) is 4.93. The van der Waals surface area contributed by atoms with E-state index in [4.69, 9.17) is 17.3 Å². The van der Waals surface area contributed by atoms with Gasteiger partial charge in [-0.05, 0) is 23.8 Å². The lowest BCUT2D eigenvalue weighted by molar-refractivity contribution is -0.384. The Morgan fingerprint density at radius 3 is 2.45 bits per heavy atom. The molecule has 1 aliphatic rings. The average molecular weight is 411 g/mol. The van der Waals surface area contributed by atoms with Crippen molar-refractivity contribution in [1.29, 1.82) is 5.26 Å². The Hall–Kier alpha value is -4.10. The highest BCUT2D eigenvalue weighted by molar-refractivity contribution is 6.32. The molecule has 1 aliphatic heterocycles. The molecule has 29 heavy (non-hydrogen) atoms. The van der Waals surface area contributed by atoms with Crippen LogP contribution in [0, 0.1) is 21.4 Å². The van der Waals surface area contributed by atoms with Crippen molar-refractivity contribution in [3.63, 3.8) is 0 Å². The lowest BCUT2D eigenvalue weighted by atomic mass is 10.00. The van der Waals surface area contributed by atoms with E-state index in [2.05, 4.69) is 0 Å². The predicted octanol–water partition coefficient (Wildman–Crippen LogP) is 1.62. The number of nitro groups is 1. The summed E-state index contributed by atoms with van der Waals surface area (Å²) in [6, 6.07) is 12.9. The fourth-order valence-electron chi connectivity index (χ4n) is 3.34. The Balaban J connectivity index is 2.03. The van der Waals surface area contributed by atoms with Gasteiger partial charge in [0.05, 0.1) is 10.6 Å². The van der Waals surface area contributed by atoms with Gasteiger partial charge in [0.1, 0.15) is 28.5 Å². The number of nitrogens with zero attached hydrogens (tertiary/aromatic N) is 5. The summed E-state index contributed by atoms with van der Waals surface area (Å²) in [5.74, 6) is -0.216. The Kier molecular flexibility index (Phi) is 4.10. The highest BCUT2D eigenvalue weighted by atomic mass is 35.5. The zero-order valence-electron chi connectivity index (χ0n) is 14.5. The van der Waals surface area contributed by atoms with Crippen LogP contribution in [-0.4, -0.2) is 18.9 Å². The maximum absolute atomic E-state index is 13.1. The summed E-state index contributed by atoms with van der Waals surface area (Å²) in [7, 11) is 0. The first-order valence-corrected chi connectivity index (χ1v) is 8.60. The lowest BCUT2D eigenvalue weighted by Crippen LogP contribution is -2.30. The molecule has 0 amide bonds. The molecule has 11 heteroatoms. The van der Waals surface area contributed by atoms with E-state index < -0.39 is 28.0 Å². The first-order chi connectivity index (χ1) is 13.9. The van der Waals surface area contributed by atoms with Gasteiger partial charge in [-0.1, -0.05) is 35.9 Å². The Bertz CT molecular complexity index is 1360. The van der Waals surface area contributed by atoms with Crippen LogP contribution >= 0.6 is 11.6 Å². The largest absolute Gasteiger partial charge is 0.383 e. The number of hydrogen-bond acceptors (Lipinski definition) is 6. The number of nitro benzene ring substituents is 1. The minimum Gasteiger partial charge on any atom is -0.383 e. The van der Waals surface area contributed by atoms with Crippen molar-refractivity contribution in [2.45, 2.75) is 6.04 Å². The van der Waals surface area contributed by atoms with Gasteiger partial charge in [0.25, 0.3) is 5.69 Å². The van der Waals surface area contributed by atoms with E-state index >= 15 is 0 Å². The standard InChI is InChI=1S/C18H11ClN6O4/c19-13-7-6-10(8-14(13)25(28)29)15-12(9-20)16(21)24-18(27)22(17(26)23(15)24)11-4-2-1-3-5-11/h1-8,15H,21H2. The first kappa shape index (κ1) is 18.3. The number of allylic oxidation sites excluding steroid dienone is 1. The quantitative estimate of drug-likeness (QED) is 0.513. The van der Waals surface area contributed by atoms with Crippen molar-refractivity contribution in [1.82, 2.24) is 13.9 Å². The minimum atomic E-state index is -1.11. The topological polar surface area (TPSA) is 142 Å². The SMILES string of the molecule is N#CC1=C(N)n2c(=O)n(-c3ccccc3)c(=O)n2C1c1ccc(Cl)c([N+](=O)[O-])c1. The van der Waals surface area contributed by atoms with E-state index in [1.54, 1.807) is 30.3 Å². The molecule has 0 saturated heterocycles. The first-order valence-electron chi connectivity index (χ1n) is 8.22. The fourth-order valence-corrected chi connectivity index (χ4v) is 3.53. The third kappa shape index (κ3) is 2.56. The number of para-hydroxylation sites is 1. The van der Waals surface area contributed by atoms with Crippen LogP contribution in [-0.2, 0) is 0 Å².